The van der Waals surface area contributed by atoms with Gasteiger partial charge in [0.05, 0.1) is 4.92 Å². The van der Waals surface area contributed by atoms with Crippen molar-refractivity contribution in [2.75, 3.05) is 0 Å². The van der Waals surface area contributed by atoms with Crippen molar-refractivity contribution < 1.29 is 14.8 Å². The standard InChI is InChI=1S/C9H7ClN2O4/c1-5-7(12(15)16)4-6(9(10)11-5)2-3-8(13)14/h2-4H,1H3,(H,13,14). The Morgan fingerprint density at radius 2 is 2.31 bits per heavy atom. The number of halogens is 1. The molecule has 0 fully saturated rings. The van der Waals surface area contributed by atoms with Crippen LogP contribution in [-0.4, -0.2) is 21.0 Å². The summed E-state index contributed by atoms with van der Waals surface area (Å²) >= 11 is 5.71. The van der Waals surface area contributed by atoms with Gasteiger partial charge in [0.25, 0.3) is 5.69 Å². The van der Waals surface area contributed by atoms with Gasteiger partial charge in [-0.3, -0.25) is 10.1 Å². The molecule has 0 amide bonds. The minimum Gasteiger partial charge on any atom is -0.478 e. The third-order valence-corrected chi connectivity index (χ3v) is 2.07. The molecule has 0 aliphatic rings. The van der Waals surface area contributed by atoms with E-state index in [1.165, 1.54) is 13.0 Å². The van der Waals surface area contributed by atoms with E-state index in [4.69, 9.17) is 16.7 Å². The molecule has 0 aliphatic carbocycles. The lowest BCUT2D eigenvalue weighted by atomic mass is 10.2. The van der Waals surface area contributed by atoms with E-state index in [9.17, 15) is 14.9 Å². The maximum Gasteiger partial charge on any atom is 0.328 e. The molecule has 7 heteroatoms. The molecule has 0 aromatic carbocycles. The van der Waals surface area contributed by atoms with Crippen LogP contribution in [0.5, 0.6) is 0 Å². The molecule has 0 radical (unpaired) electrons. The predicted molar refractivity (Wildman–Crippen MR) is 57.3 cm³/mol. The monoisotopic (exact) mass is 242 g/mol. The van der Waals surface area contributed by atoms with E-state index in [1.54, 1.807) is 0 Å². The zero-order valence-electron chi connectivity index (χ0n) is 8.18. The second-order valence-electron chi connectivity index (χ2n) is 2.90. The highest BCUT2D eigenvalue weighted by atomic mass is 35.5. The van der Waals surface area contributed by atoms with Crippen molar-refractivity contribution in [1.82, 2.24) is 4.98 Å². The van der Waals surface area contributed by atoms with Gasteiger partial charge in [0.15, 0.2) is 0 Å². The molecule has 0 spiro atoms. The molecular formula is C9H7ClN2O4. The number of carboxylic acids is 1. The van der Waals surface area contributed by atoms with Gasteiger partial charge in [0, 0.05) is 17.7 Å². The summed E-state index contributed by atoms with van der Waals surface area (Å²) in [6.45, 7) is 1.45. The molecule has 0 bridgehead atoms. The lowest BCUT2D eigenvalue weighted by molar-refractivity contribution is -0.385. The van der Waals surface area contributed by atoms with E-state index >= 15 is 0 Å². The van der Waals surface area contributed by atoms with E-state index in [-0.39, 0.29) is 22.1 Å². The Hall–Kier alpha value is -1.95. The Morgan fingerprint density at radius 3 is 2.81 bits per heavy atom. The lowest BCUT2D eigenvalue weighted by Gasteiger charge is -2.00. The third kappa shape index (κ3) is 2.77. The van der Waals surface area contributed by atoms with Crippen molar-refractivity contribution in [3.63, 3.8) is 0 Å². The van der Waals surface area contributed by atoms with E-state index in [0.717, 1.165) is 12.2 Å². The predicted octanol–water partition coefficient (Wildman–Crippen LogP) is 2.05. The van der Waals surface area contributed by atoms with E-state index in [0.29, 0.717) is 0 Å². The zero-order valence-corrected chi connectivity index (χ0v) is 8.93. The second-order valence-corrected chi connectivity index (χ2v) is 3.26. The van der Waals surface area contributed by atoms with Crippen LogP contribution >= 0.6 is 11.6 Å². The largest absolute Gasteiger partial charge is 0.478 e. The van der Waals surface area contributed by atoms with Crippen LogP contribution in [0.15, 0.2) is 12.1 Å². The van der Waals surface area contributed by atoms with Crippen molar-refractivity contribution in [2.24, 2.45) is 0 Å². The van der Waals surface area contributed by atoms with Crippen LogP contribution in [0.1, 0.15) is 11.3 Å². The normalized spacial score (nSPS) is 10.6. The molecule has 0 atom stereocenters. The summed E-state index contributed by atoms with van der Waals surface area (Å²) in [7, 11) is 0. The SMILES string of the molecule is Cc1nc(Cl)c(C=CC(=O)O)cc1[N+](=O)[O-]. The highest BCUT2D eigenvalue weighted by Crippen LogP contribution is 2.23. The molecule has 0 saturated carbocycles. The highest BCUT2D eigenvalue weighted by Gasteiger charge is 2.14. The first-order valence-electron chi connectivity index (χ1n) is 4.14. The number of rotatable bonds is 3. The highest BCUT2D eigenvalue weighted by molar-refractivity contribution is 6.31. The van der Waals surface area contributed by atoms with Crippen molar-refractivity contribution in [1.29, 1.82) is 0 Å². The summed E-state index contributed by atoms with van der Waals surface area (Å²) in [5, 5.41) is 19.0. The summed E-state index contributed by atoms with van der Waals surface area (Å²) in [6, 6.07) is 1.18. The van der Waals surface area contributed by atoms with Crippen LogP contribution in [0, 0.1) is 17.0 Å². The Labute approximate surface area is 95.3 Å². The maximum absolute atomic E-state index is 10.6. The first-order valence-corrected chi connectivity index (χ1v) is 4.52. The molecule has 0 saturated heterocycles. The molecule has 1 heterocycles. The molecule has 16 heavy (non-hydrogen) atoms. The van der Waals surface area contributed by atoms with Gasteiger partial charge in [-0.15, -0.1) is 0 Å². The molecule has 1 N–H and O–H groups in total. The van der Waals surface area contributed by atoms with E-state index < -0.39 is 10.9 Å². The average molecular weight is 243 g/mol. The lowest BCUT2D eigenvalue weighted by Crippen LogP contribution is -1.96. The first-order chi connectivity index (χ1) is 7.41. The topological polar surface area (TPSA) is 93.3 Å². The maximum atomic E-state index is 10.6. The van der Waals surface area contributed by atoms with Gasteiger partial charge in [-0.2, -0.15) is 0 Å². The van der Waals surface area contributed by atoms with Crippen LogP contribution in [0.25, 0.3) is 6.08 Å². The van der Waals surface area contributed by atoms with Crippen LogP contribution in [0.4, 0.5) is 5.69 Å². The molecule has 1 rings (SSSR count). The van der Waals surface area contributed by atoms with Crippen LogP contribution in [-0.2, 0) is 4.79 Å². The first kappa shape index (κ1) is 12.1. The number of aliphatic carboxylic acids is 1. The van der Waals surface area contributed by atoms with E-state index in [2.05, 4.69) is 4.98 Å². The van der Waals surface area contributed by atoms with Gasteiger partial charge >= 0.3 is 5.97 Å². The number of hydrogen-bond donors (Lipinski definition) is 1. The Balaban J connectivity index is 3.25. The molecule has 84 valence electrons. The zero-order chi connectivity index (χ0) is 12.3. The van der Waals surface area contributed by atoms with Gasteiger partial charge in [-0.05, 0) is 13.0 Å². The summed E-state index contributed by atoms with van der Waals surface area (Å²) in [6.07, 6.45) is 1.99. The van der Waals surface area contributed by atoms with Crippen LogP contribution in [0.3, 0.4) is 0 Å². The van der Waals surface area contributed by atoms with Gasteiger partial charge in [0.1, 0.15) is 10.8 Å². The number of nitro groups is 1. The molecule has 6 nitrogen and oxygen atoms in total. The number of pyridine rings is 1. The molecular weight excluding hydrogens is 236 g/mol. The summed E-state index contributed by atoms with van der Waals surface area (Å²) < 4.78 is 0. The van der Waals surface area contributed by atoms with Gasteiger partial charge in [0.2, 0.25) is 0 Å². The Bertz CT molecular complexity index is 485. The average Bonchev–Trinajstić information content (AvgIpc) is 2.15. The van der Waals surface area contributed by atoms with Gasteiger partial charge in [-0.1, -0.05) is 11.6 Å². The molecule has 1 aromatic heterocycles. The third-order valence-electron chi connectivity index (χ3n) is 1.77. The fraction of sp³-hybridized carbons (Fsp3) is 0.111. The molecule has 1 aromatic rings. The fourth-order valence-corrected chi connectivity index (χ4v) is 1.29. The van der Waals surface area contributed by atoms with E-state index in [1.807, 2.05) is 0 Å². The quantitative estimate of drug-likeness (QED) is 0.379. The number of carboxylic acid groups (broad SMARTS) is 1. The fourth-order valence-electron chi connectivity index (χ4n) is 1.04. The van der Waals surface area contributed by atoms with Gasteiger partial charge in [-0.25, -0.2) is 9.78 Å². The van der Waals surface area contributed by atoms with Crippen molar-refractivity contribution in [2.45, 2.75) is 6.92 Å². The Kier molecular flexibility index (Phi) is 3.57. The van der Waals surface area contributed by atoms with Crippen molar-refractivity contribution in [3.8, 4) is 0 Å². The summed E-state index contributed by atoms with van der Waals surface area (Å²) in [5.74, 6) is -1.17. The number of nitrogens with zero attached hydrogens (tertiary/aromatic N) is 2. The minimum absolute atomic E-state index is 0.0283. The van der Waals surface area contributed by atoms with Gasteiger partial charge < -0.3 is 5.11 Å². The van der Waals surface area contributed by atoms with Crippen LogP contribution in [0.2, 0.25) is 5.15 Å². The summed E-state index contributed by atoms with van der Waals surface area (Å²) in [4.78, 5) is 24.0. The second kappa shape index (κ2) is 4.71. The van der Waals surface area contributed by atoms with Crippen LogP contribution < -0.4 is 0 Å². The van der Waals surface area contributed by atoms with Crippen molar-refractivity contribution in [3.05, 3.63) is 38.7 Å². The number of carbonyl (C=O) groups is 1. The number of aryl methyl sites for hydroxylation is 1. The molecule has 0 aliphatic heterocycles. The minimum atomic E-state index is -1.17. The smallest absolute Gasteiger partial charge is 0.328 e. The Morgan fingerprint density at radius 1 is 1.69 bits per heavy atom. The molecule has 0 unspecified atom stereocenters. The number of aromatic nitrogens is 1. The number of hydrogen-bond acceptors (Lipinski definition) is 4. The summed E-state index contributed by atoms with van der Waals surface area (Å²) in [5.41, 5.74) is 0.179. The van der Waals surface area contributed by atoms with Crippen molar-refractivity contribution >= 4 is 29.3 Å².